The predicted molar refractivity (Wildman–Crippen MR) is 205 cm³/mol. The first kappa shape index (κ1) is 45.8. The molecule has 306 valence electrons. The van der Waals surface area contributed by atoms with Crippen LogP contribution in [0.2, 0.25) is 0 Å². The summed E-state index contributed by atoms with van der Waals surface area (Å²) in [6.07, 6.45) is 3.17. The highest BCUT2D eigenvalue weighted by molar-refractivity contribution is 5.96. The summed E-state index contributed by atoms with van der Waals surface area (Å²) >= 11 is 0. The minimum Gasteiger partial charge on any atom is -0.394 e. The number of unbranched alkanes of at least 4 members (excludes halogenated alkanes) is 1. The third kappa shape index (κ3) is 15.5. The van der Waals surface area contributed by atoms with Crippen LogP contribution in [0.1, 0.15) is 57.9 Å². The molecule has 55 heavy (non-hydrogen) atoms. The second-order valence-corrected chi connectivity index (χ2v) is 13.6. The summed E-state index contributed by atoms with van der Waals surface area (Å²) in [5.74, 6) is -5.30. The Morgan fingerprint density at radius 2 is 1.25 bits per heavy atom. The van der Waals surface area contributed by atoms with Crippen LogP contribution in [-0.2, 0) is 35.2 Å². The number of amides is 6. The van der Waals surface area contributed by atoms with Crippen LogP contribution in [0.4, 0.5) is 0 Å². The highest BCUT2D eigenvalue weighted by atomic mass is 16.3. The number of primary amides is 1. The number of fused-ring (bicyclic) bond motifs is 1. The largest absolute Gasteiger partial charge is 0.394 e. The molecule has 0 saturated heterocycles. The first-order valence-electron chi connectivity index (χ1n) is 18.2. The number of guanidine groups is 1. The Labute approximate surface area is 319 Å². The Bertz CT molecular complexity index is 1600. The Hall–Kier alpha value is -5.31. The quantitative estimate of drug-likeness (QED) is 0.0264. The highest BCUT2D eigenvalue weighted by Crippen LogP contribution is 2.19. The Morgan fingerprint density at radius 3 is 1.78 bits per heavy atom. The lowest BCUT2D eigenvalue weighted by Gasteiger charge is -2.27. The first-order chi connectivity index (χ1) is 26.1. The molecule has 0 aliphatic heterocycles. The zero-order valence-corrected chi connectivity index (χ0v) is 31.4. The van der Waals surface area contributed by atoms with Gasteiger partial charge >= 0.3 is 0 Å². The molecule has 0 bridgehead atoms. The van der Waals surface area contributed by atoms with E-state index in [1.165, 1.54) is 0 Å². The number of aromatic nitrogens is 1. The summed E-state index contributed by atoms with van der Waals surface area (Å²) in [5, 5.41) is 43.2. The summed E-state index contributed by atoms with van der Waals surface area (Å²) in [4.78, 5) is 81.6. The van der Waals surface area contributed by atoms with Crippen molar-refractivity contribution >= 4 is 52.3 Å². The fraction of sp³-hybridized carbons (Fsp3) is 0.571. The fourth-order valence-electron chi connectivity index (χ4n) is 5.66. The number of carbonyl (C=O) groups is 6. The van der Waals surface area contributed by atoms with Gasteiger partial charge in [0, 0.05) is 23.6 Å². The van der Waals surface area contributed by atoms with E-state index in [9.17, 15) is 39.0 Å². The van der Waals surface area contributed by atoms with Gasteiger partial charge in [-0.15, -0.1) is 0 Å². The molecule has 2 rings (SSSR count). The minimum absolute atomic E-state index is 0.0149. The van der Waals surface area contributed by atoms with E-state index >= 15 is 0 Å². The number of nitrogens with two attached hydrogens (primary N) is 4. The van der Waals surface area contributed by atoms with Crippen molar-refractivity contribution in [1.82, 2.24) is 36.9 Å². The molecule has 6 atom stereocenters. The number of H-pyrrole nitrogens is 1. The molecule has 0 fully saturated rings. The van der Waals surface area contributed by atoms with Crippen LogP contribution in [0.5, 0.6) is 0 Å². The third-order valence-corrected chi connectivity index (χ3v) is 8.65. The molecule has 1 heterocycles. The van der Waals surface area contributed by atoms with Gasteiger partial charge in [0.2, 0.25) is 35.4 Å². The topological polar surface area (TPSA) is 359 Å². The van der Waals surface area contributed by atoms with Crippen molar-refractivity contribution < 1.29 is 39.0 Å². The average molecular weight is 775 g/mol. The Kier molecular flexibility index (Phi) is 19.6. The molecule has 20 nitrogen and oxygen atoms in total. The van der Waals surface area contributed by atoms with E-state index in [4.69, 9.17) is 28.3 Å². The van der Waals surface area contributed by atoms with Gasteiger partial charge in [0.1, 0.15) is 30.2 Å². The van der Waals surface area contributed by atoms with Crippen molar-refractivity contribution in [2.45, 2.75) is 95.0 Å². The lowest BCUT2D eigenvalue weighted by atomic mass is 10.0. The SMILES string of the molecule is CC(C)C[C@H](NC(=O)[C@H](CO)NC(=O)[C@H](CCCNC(=N)N)NC(=O)[C@H](CCCCN)NC(=O)[C@H](CO)NC(=O)[C@@H](N)Cc1c[nH]c2ccccc12)C(N)=O. The second kappa shape index (κ2) is 23.5. The van der Waals surface area contributed by atoms with E-state index in [-0.39, 0.29) is 50.5 Å². The molecule has 0 saturated carbocycles. The number of aliphatic hydroxyl groups is 2. The number of aliphatic hydroxyl groups excluding tert-OH is 2. The van der Waals surface area contributed by atoms with Crippen LogP contribution in [0.3, 0.4) is 0 Å². The van der Waals surface area contributed by atoms with Gasteiger partial charge in [0.25, 0.3) is 0 Å². The fourth-order valence-corrected chi connectivity index (χ4v) is 5.66. The summed E-state index contributed by atoms with van der Waals surface area (Å²) in [6, 6.07) is -0.276. The summed E-state index contributed by atoms with van der Waals surface area (Å²) in [5.41, 5.74) is 24.2. The number of hydrogen-bond donors (Lipinski definition) is 14. The standard InChI is InChI=1S/C35H58N12O8/c1-19(2)14-26(29(38)50)45-34(55)28(18-49)47-32(53)25(11-7-13-41-35(39)40)43-31(52)24(10-5-6-12-36)44-33(54)27(17-48)46-30(51)22(37)15-20-16-42-23-9-4-3-8-21(20)23/h3-4,8-9,16,19,22,24-28,42,48-49H,5-7,10-15,17-18,36-37H2,1-2H3,(H2,38,50)(H,43,52)(H,44,54)(H,45,55)(H,46,51)(H,47,53)(H4,39,40,41)/t22-,24-,25-,26-,27-,28-/m0/s1. The van der Waals surface area contributed by atoms with Gasteiger partial charge in [-0.1, -0.05) is 32.0 Å². The van der Waals surface area contributed by atoms with Gasteiger partial charge in [-0.05, 0) is 69.0 Å². The van der Waals surface area contributed by atoms with Crippen molar-refractivity contribution in [3.8, 4) is 0 Å². The maximum Gasteiger partial charge on any atom is 0.245 e. The van der Waals surface area contributed by atoms with Crippen LogP contribution in [0, 0.1) is 11.3 Å². The maximum atomic E-state index is 13.7. The van der Waals surface area contributed by atoms with E-state index in [2.05, 4.69) is 36.9 Å². The molecule has 1 aromatic heterocycles. The number of nitrogens with one attached hydrogen (secondary N) is 8. The normalized spacial score (nSPS) is 14.5. The summed E-state index contributed by atoms with van der Waals surface area (Å²) in [7, 11) is 0. The van der Waals surface area contributed by atoms with Crippen molar-refractivity contribution in [2.75, 3.05) is 26.3 Å². The van der Waals surface area contributed by atoms with Crippen molar-refractivity contribution in [3.63, 3.8) is 0 Å². The molecular formula is C35H58N12O8. The molecule has 20 heteroatoms. The highest BCUT2D eigenvalue weighted by Gasteiger charge is 2.32. The van der Waals surface area contributed by atoms with Gasteiger partial charge in [-0.25, -0.2) is 0 Å². The maximum absolute atomic E-state index is 13.7. The zero-order chi connectivity index (χ0) is 41.1. The number of aromatic amines is 1. The van der Waals surface area contributed by atoms with Gasteiger partial charge in [0.05, 0.1) is 19.3 Å². The van der Waals surface area contributed by atoms with Gasteiger partial charge in [-0.3, -0.25) is 34.2 Å². The Balaban J connectivity index is 2.20. The smallest absolute Gasteiger partial charge is 0.245 e. The number of rotatable bonds is 25. The number of carbonyl (C=O) groups excluding carboxylic acids is 6. The van der Waals surface area contributed by atoms with E-state index < -0.39 is 84.9 Å². The number of para-hydroxylation sites is 1. The van der Waals surface area contributed by atoms with Gasteiger partial charge in [0.15, 0.2) is 5.96 Å². The van der Waals surface area contributed by atoms with E-state index in [0.717, 1.165) is 16.5 Å². The first-order valence-corrected chi connectivity index (χ1v) is 18.2. The summed E-state index contributed by atoms with van der Waals surface area (Å²) in [6.45, 7) is 2.40. The van der Waals surface area contributed by atoms with Crippen molar-refractivity contribution in [2.24, 2.45) is 28.9 Å². The zero-order valence-electron chi connectivity index (χ0n) is 31.4. The van der Waals surface area contributed by atoms with E-state index in [1.807, 2.05) is 38.1 Å². The lowest BCUT2D eigenvalue weighted by Crippen LogP contribution is -2.60. The van der Waals surface area contributed by atoms with Crippen LogP contribution in [-0.4, -0.2) is 119 Å². The molecule has 1 aromatic carbocycles. The van der Waals surface area contributed by atoms with Gasteiger partial charge in [-0.2, -0.15) is 0 Å². The lowest BCUT2D eigenvalue weighted by molar-refractivity contribution is -0.136. The molecule has 0 spiro atoms. The van der Waals surface area contributed by atoms with Crippen molar-refractivity contribution in [3.05, 3.63) is 36.0 Å². The number of benzene rings is 1. The van der Waals surface area contributed by atoms with Crippen LogP contribution in [0.25, 0.3) is 10.9 Å². The Morgan fingerprint density at radius 1 is 0.745 bits per heavy atom. The average Bonchev–Trinajstić information content (AvgIpc) is 3.54. The molecule has 0 radical (unpaired) electrons. The third-order valence-electron chi connectivity index (χ3n) is 8.65. The molecule has 2 aromatic rings. The van der Waals surface area contributed by atoms with Crippen LogP contribution in [0.15, 0.2) is 30.5 Å². The van der Waals surface area contributed by atoms with Gasteiger partial charge < -0.3 is 70.0 Å². The van der Waals surface area contributed by atoms with E-state index in [1.54, 1.807) is 6.20 Å². The predicted octanol–water partition coefficient (Wildman–Crippen LogP) is -3.63. The van der Waals surface area contributed by atoms with E-state index in [0.29, 0.717) is 19.4 Å². The molecule has 18 N–H and O–H groups in total. The minimum atomic E-state index is -1.52. The number of hydrogen-bond acceptors (Lipinski definition) is 11. The molecular weight excluding hydrogens is 716 g/mol. The molecule has 6 amide bonds. The molecule has 0 aliphatic rings. The monoisotopic (exact) mass is 774 g/mol. The van der Waals surface area contributed by atoms with Crippen LogP contribution >= 0.6 is 0 Å². The van der Waals surface area contributed by atoms with Crippen molar-refractivity contribution in [1.29, 1.82) is 5.41 Å². The summed E-state index contributed by atoms with van der Waals surface area (Å²) < 4.78 is 0. The molecule has 0 aliphatic carbocycles. The molecule has 0 unspecified atom stereocenters. The van der Waals surface area contributed by atoms with Crippen LogP contribution < -0.4 is 54.8 Å². The second-order valence-electron chi connectivity index (χ2n) is 13.6.